The minimum absolute atomic E-state index is 1.25. The van der Waals surface area contributed by atoms with Gasteiger partial charge < -0.3 is 0 Å². The molecule has 2 rings (SSSR count). The Morgan fingerprint density at radius 2 is 0.941 bits per heavy atom. The van der Waals surface area contributed by atoms with E-state index in [0.717, 1.165) is 0 Å². The third-order valence-electron chi connectivity index (χ3n) is 3.49. The first-order valence-corrected chi connectivity index (χ1v) is 9.15. The molecule has 0 aliphatic carbocycles. The predicted octanol–water partition coefficient (Wildman–Crippen LogP) is 6.49. The molecular formula is C14H20Br2S. The third-order valence-corrected chi connectivity index (χ3v) is 7.60. The van der Waals surface area contributed by atoms with Crippen LogP contribution in [0, 0.1) is 0 Å². The molecule has 1 aliphatic rings. The van der Waals surface area contributed by atoms with Gasteiger partial charge in [-0.1, -0.05) is 38.5 Å². The van der Waals surface area contributed by atoms with E-state index in [9.17, 15) is 0 Å². The molecule has 0 fully saturated rings. The van der Waals surface area contributed by atoms with Crippen LogP contribution in [0.25, 0.3) is 0 Å². The normalized spacial score (nSPS) is 19.2. The summed E-state index contributed by atoms with van der Waals surface area (Å²) in [5, 5.41) is 0. The van der Waals surface area contributed by atoms with E-state index in [0.29, 0.717) is 0 Å². The molecule has 0 nitrogen and oxygen atoms in total. The Balaban J connectivity index is 2.06. The number of hydrogen-bond acceptors (Lipinski definition) is 1. The van der Waals surface area contributed by atoms with Crippen molar-refractivity contribution >= 4 is 43.2 Å². The van der Waals surface area contributed by atoms with Gasteiger partial charge in [0.25, 0.3) is 0 Å². The SMILES string of the molecule is Brc1c2sc(c1Br)CCCCCCCCCC2. The lowest BCUT2D eigenvalue weighted by atomic mass is 10.1. The van der Waals surface area contributed by atoms with E-state index in [2.05, 4.69) is 31.9 Å². The fourth-order valence-electron chi connectivity index (χ4n) is 2.44. The quantitative estimate of drug-likeness (QED) is 0.483. The molecule has 0 N–H and O–H groups in total. The van der Waals surface area contributed by atoms with E-state index < -0.39 is 0 Å². The van der Waals surface area contributed by atoms with Gasteiger partial charge in [-0.2, -0.15) is 0 Å². The third kappa shape index (κ3) is 4.07. The number of thiophene rings is 1. The van der Waals surface area contributed by atoms with Gasteiger partial charge in [-0.05, 0) is 57.5 Å². The van der Waals surface area contributed by atoms with E-state index in [4.69, 9.17) is 0 Å². The van der Waals surface area contributed by atoms with Gasteiger partial charge in [0.2, 0.25) is 0 Å². The average molecular weight is 380 g/mol. The second-order valence-electron chi connectivity index (χ2n) is 4.90. The minimum Gasteiger partial charge on any atom is -0.143 e. The molecule has 1 aliphatic heterocycles. The summed E-state index contributed by atoms with van der Waals surface area (Å²) in [6.07, 6.45) is 13.8. The smallest absolute Gasteiger partial charge is 0.0459 e. The van der Waals surface area contributed by atoms with Crippen LogP contribution >= 0.6 is 43.2 Å². The predicted molar refractivity (Wildman–Crippen MR) is 84.1 cm³/mol. The topological polar surface area (TPSA) is 0 Å². The summed E-state index contributed by atoms with van der Waals surface area (Å²) in [5.41, 5.74) is 0. The van der Waals surface area contributed by atoms with Crippen LogP contribution in [0.15, 0.2) is 8.95 Å². The van der Waals surface area contributed by atoms with Crippen LogP contribution in [0.2, 0.25) is 0 Å². The molecule has 0 atom stereocenters. The van der Waals surface area contributed by atoms with Crippen LogP contribution in [0.5, 0.6) is 0 Å². The van der Waals surface area contributed by atoms with Crippen molar-refractivity contribution in [2.75, 3.05) is 0 Å². The van der Waals surface area contributed by atoms with Gasteiger partial charge in [0.15, 0.2) is 0 Å². The van der Waals surface area contributed by atoms with Crippen molar-refractivity contribution in [3.05, 3.63) is 18.7 Å². The molecule has 0 saturated heterocycles. The second kappa shape index (κ2) is 7.30. The molecule has 2 bridgehead atoms. The summed E-state index contributed by atoms with van der Waals surface area (Å²) in [5.74, 6) is 0. The van der Waals surface area contributed by atoms with E-state index in [1.54, 1.807) is 9.75 Å². The lowest BCUT2D eigenvalue weighted by Gasteiger charge is -2.02. The maximum atomic E-state index is 3.74. The van der Waals surface area contributed by atoms with Crippen molar-refractivity contribution in [2.24, 2.45) is 0 Å². The van der Waals surface area contributed by atoms with Gasteiger partial charge in [-0.25, -0.2) is 0 Å². The Hall–Kier alpha value is 0.660. The Morgan fingerprint density at radius 1 is 0.588 bits per heavy atom. The summed E-state index contributed by atoms with van der Waals surface area (Å²) in [6, 6.07) is 0. The first kappa shape index (κ1) is 14.1. The molecule has 3 heteroatoms. The minimum atomic E-state index is 1.25. The van der Waals surface area contributed by atoms with Crippen molar-refractivity contribution in [1.82, 2.24) is 0 Å². The summed E-state index contributed by atoms with van der Waals surface area (Å²) < 4.78 is 2.66. The lowest BCUT2D eigenvalue weighted by molar-refractivity contribution is 0.569. The Labute approximate surface area is 125 Å². The number of rotatable bonds is 0. The Bertz CT molecular complexity index is 325. The molecule has 1 aromatic heterocycles. The summed E-state index contributed by atoms with van der Waals surface area (Å²) in [4.78, 5) is 3.09. The molecule has 1 aromatic rings. The van der Waals surface area contributed by atoms with E-state index in [1.165, 1.54) is 73.2 Å². The average Bonchev–Trinajstić information content (AvgIpc) is 2.61. The zero-order chi connectivity index (χ0) is 12.1. The van der Waals surface area contributed by atoms with Gasteiger partial charge in [0.05, 0.1) is 0 Å². The van der Waals surface area contributed by atoms with Crippen molar-refractivity contribution in [2.45, 2.75) is 64.2 Å². The van der Waals surface area contributed by atoms with Crippen LogP contribution in [-0.4, -0.2) is 0 Å². The highest BCUT2D eigenvalue weighted by Crippen LogP contribution is 2.39. The van der Waals surface area contributed by atoms with Crippen LogP contribution < -0.4 is 0 Å². The maximum absolute atomic E-state index is 3.74. The molecule has 96 valence electrons. The Kier molecular flexibility index (Phi) is 6.04. The fourth-order valence-corrected chi connectivity index (χ4v) is 5.23. The lowest BCUT2D eigenvalue weighted by Crippen LogP contribution is -1.86. The molecule has 17 heavy (non-hydrogen) atoms. The van der Waals surface area contributed by atoms with Crippen LogP contribution in [-0.2, 0) is 12.8 Å². The molecule has 0 saturated carbocycles. The highest BCUT2D eigenvalue weighted by Gasteiger charge is 2.13. The largest absolute Gasteiger partial charge is 0.143 e. The van der Waals surface area contributed by atoms with Crippen LogP contribution in [0.1, 0.15) is 61.1 Å². The monoisotopic (exact) mass is 378 g/mol. The molecule has 0 unspecified atom stereocenters. The second-order valence-corrected chi connectivity index (χ2v) is 7.68. The maximum Gasteiger partial charge on any atom is 0.0459 e. The highest BCUT2D eigenvalue weighted by molar-refractivity contribution is 9.13. The first-order valence-electron chi connectivity index (χ1n) is 6.74. The van der Waals surface area contributed by atoms with Gasteiger partial charge >= 0.3 is 0 Å². The number of hydrogen-bond donors (Lipinski definition) is 0. The van der Waals surface area contributed by atoms with E-state index >= 15 is 0 Å². The first-order chi connectivity index (χ1) is 8.29. The molecule has 2 heterocycles. The summed E-state index contributed by atoms with van der Waals surface area (Å²) in [7, 11) is 0. The molecule has 0 amide bonds. The zero-order valence-electron chi connectivity index (χ0n) is 10.2. The number of aryl methyl sites for hydroxylation is 2. The zero-order valence-corrected chi connectivity index (χ0v) is 14.2. The van der Waals surface area contributed by atoms with E-state index in [-0.39, 0.29) is 0 Å². The molecule has 0 spiro atoms. The molecule has 0 radical (unpaired) electrons. The Morgan fingerprint density at radius 3 is 1.35 bits per heavy atom. The van der Waals surface area contributed by atoms with Crippen LogP contribution in [0.3, 0.4) is 0 Å². The van der Waals surface area contributed by atoms with Crippen molar-refractivity contribution in [3.63, 3.8) is 0 Å². The van der Waals surface area contributed by atoms with Crippen molar-refractivity contribution in [1.29, 1.82) is 0 Å². The van der Waals surface area contributed by atoms with E-state index in [1.807, 2.05) is 11.3 Å². The van der Waals surface area contributed by atoms with Gasteiger partial charge in [0, 0.05) is 18.7 Å². The molecule has 0 aromatic carbocycles. The number of halogens is 2. The standard InChI is InChI=1S/C14H20Br2S/c15-13-11-9-7-5-3-1-2-4-6-8-10-12(17-11)14(13)16/h1-10H2. The van der Waals surface area contributed by atoms with Gasteiger partial charge in [0.1, 0.15) is 0 Å². The van der Waals surface area contributed by atoms with Gasteiger partial charge in [-0.15, -0.1) is 11.3 Å². The fraction of sp³-hybridized carbons (Fsp3) is 0.714. The van der Waals surface area contributed by atoms with Gasteiger partial charge in [-0.3, -0.25) is 0 Å². The summed E-state index contributed by atoms with van der Waals surface area (Å²) >= 11 is 9.49. The van der Waals surface area contributed by atoms with Crippen LogP contribution in [0.4, 0.5) is 0 Å². The van der Waals surface area contributed by atoms with Crippen molar-refractivity contribution in [3.8, 4) is 0 Å². The number of fused-ring (bicyclic) bond motifs is 2. The molecular weight excluding hydrogens is 360 g/mol. The van der Waals surface area contributed by atoms with Crippen molar-refractivity contribution < 1.29 is 0 Å². The highest BCUT2D eigenvalue weighted by atomic mass is 79.9. The summed E-state index contributed by atoms with van der Waals surface area (Å²) in [6.45, 7) is 0.